The standard InChI is InChI=1S/C23H29N3O6S/c1-4-6-14-26(15-7-5-2)22(28)17-8-11-19(12-9-17)33(30,31)25-21(27)18-10-13-20(24-16-18)23(29)32-3/h8-13,16H,4-7,14-15H2,1-3H3,(H,25,27). The zero-order chi connectivity index (χ0) is 24.4. The summed E-state index contributed by atoms with van der Waals surface area (Å²) < 4.78 is 31.7. The molecule has 0 aliphatic carbocycles. The van der Waals surface area contributed by atoms with Crippen LogP contribution in [0.2, 0.25) is 0 Å². The number of carbonyl (C=O) groups excluding carboxylic acids is 3. The van der Waals surface area contributed by atoms with Gasteiger partial charge in [-0.2, -0.15) is 0 Å². The smallest absolute Gasteiger partial charge is 0.356 e. The van der Waals surface area contributed by atoms with Crippen molar-refractivity contribution in [1.82, 2.24) is 14.6 Å². The number of rotatable bonds is 11. The van der Waals surface area contributed by atoms with Crippen molar-refractivity contribution < 1.29 is 27.5 Å². The molecule has 0 radical (unpaired) electrons. The SMILES string of the molecule is CCCCN(CCCC)C(=O)c1ccc(S(=O)(=O)NC(=O)c2ccc(C(=O)OC)nc2)cc1. The Morgan fingerprint density at radius 1 is 0.939 bits per heavy atom. The molecule has 9 nitrogen and oxygen atoms in total. The maximum absolute atomic E-state index is 12.8. The fourth-order valence-corrected chi connectivity index (χ4v) is 3.94. The molecule has 0 aliphatic rings. The minimum absolute atomic E-state index is 0.0101. The number of sulfonamides is 1. The van der Waals surface area contributed by atoms with Crippen LogP contribution in [0.3, 0.4) is 0 Å². The molecule has 1 aromatic carbocycles. The van der Waals surface area contributed by atoms with Crippen LogP contribution in [-0.4, -0.2) is 56.3 Å². The predicted octanol–water partition coefficient (Wildman–Crippen LogP) is 3.03. The first-order valence-corrected chi connectivity index (χ1v) is 12.2. The summed E-state index contributed by atoms with van der Waals surface area (Å²) in [6.07, 6.45) is 4.80. The fourth-order valence-electron chi connectivity index (χ4n) is 2.97. The number of methoxy groups -OCH3 is 1. The molecule has 178 valence electrons. The van der Waals surface area contributed by atoms with Crippen molar-refractivity contribution >= 4 is 27.8 Å². The summed E-state index contributed by atoms with van der Waals surface area (Å²) in [6, 6.07) is 8.00. The van der Waals surface area contributed by atoms with Gasteiger partial charge in [-0.15, -0.1) is 0 Å². The number of ether oxygens (including phenoxy) is 1. The molecule has 0 saturated carbocycles. The van der Waals surface area contributed by atoms with Gasteiger partial charge in [-0.3, -0.25) is 9.59 Å². The van der Waals surface area contributed by atoms with Crippen molar-refractivity contribution in [3.63, 3.8) is 0 Å². The van der Waals surface area contributed by atoms with E-state index in [1.807, 2.05) is 4.72 Å². The first kappa shape index (κ1) is 26.0. The first-order valence-electron chi connectivity index (χ1n) is 10.7. The lowest BCUT2D eigenvalue weighted by atomic mass is 10.1. The highest BCUT2D eigenvalue weighted by Crippen LogP contribution is 2.14. The second kappa shape index (κ2) is 12.1. The Morgan fingerprint density at radius 3 is 2.00 bits per heavy atom. The van der Waals surface area contributed by atoms with Gasteiger partial charge in [-0.1, -0.05) is 26.7 Å². The lowest BCUT2D eigenvalue weighted by Crippen LogP contribution is -2.33. The molecule has 1 N–H and O–H groups in total. The second-order valence-electron chi connectivity index (χ2n) is 7.38. The van der Waals surface area contributed by atoms with E-state index in [1.54, 1.807) is 4.90 Å². The third-order valence-electron chi connectivity index (χ3n) is 4.91. The molecule has 33 heavy (non-hydrogen) atoms. The normalized spacial score (nSPS) is 11.0. The van der Waals surface area contributed by atoms with E-state index in [0.717, 1.165) is 31.9 Å². The first-order chi connectivity index (χ1) is 15.7. The summed E-state index contributed by atoms with van der Waals surface area (Å²) in [7, 11) is -2.98. The van der Waals surface area contributed by atoms with Crippen molar-refractivity contribution in [3.05, 3.63) is 59.4 Å². The minimum atomic E-state index is -4.17. The van der Waals surface area contributed by atoms with Crippen LogP contribution >= 0.6 is 0 Å². The number of unbranched alkanes of at least 4 members (excludes halogenated alkanes) is 2. The highest BCUT2D eigenvalue weighted by molar-refractivity contribution is 7.90. The number of amides is 2. The van der Waals surface area contributed by atoms with Crippen molar-refractivity contribution in [1.29, 1.82) is 0 Å². The number of hydrogen-bond acceptors (Lipinski definition) is 7. The maximum atomic E-state index is 12.8. The fraction of sp³-hybridized carbons (Fsp3) is 0.391. The number of nitrogens with one attached hydrogen (secondary N) is 1. The molecule has 0 aliphatic heterocycles. The van der Waals surface area contributed by atoms with Crippen molar-refractivity contribution in [2.45, 2.75) is 44.4 Å². The van der Waals surface area contributed by atoms with Gasteiger partial charge in [-0.05, 0) is 49.2 Å². The van der Waals surface area contributed by atoms with E-state index in [-0.39, 0.29) is 22.1 Å². The van der Waals surface area contributed by atoms with E-state index >= 15 is 0 Å². The number of benzene rings is 1. The van der Waals surface area contributed by atoms with Crippen LogP contribution in [0.4, 0.5) is 0 Å². The third-order valence-corrected chi connectivity index (χ3v) is 6.26. The number of carbonyl (C=O) groups is 3. The van der Waals surface area contributed by atoms with Crippen LogP contribution in [-0.2, 0) is 14.8 Å². The average molecular weight is 476 g/mol. The molecule has 0 atom stereocenters. The molecular formula is C23H29N3O6S. The maximum Gasteiger partial charge on any atom is 0.356 e. The third kappa shape index (κ3) is 7.11. The Morgan fingerprint density at radius 2 is 1.52 bits per heavy atom. The molecule has 0 spiro atoms. The van der Waals surface area contributed by atoms with Crippen LogP contribution in [0.5, 0.6) is 0 Å². The van der Waals surface area contributed by atoms with Crippen molar-refractivity contribution in [3.8, 4) is 0 Å². The van der Waals surface area contributed by atoms with Crippen LogP contribution in [0.25, 0.3) is 0 Å². The monoisotopic (exact) mass is 475 g/mol. The van der Waals surface area contributed by atoms with Gasteiger partial charge in [0.25, 0.3) is 21.8 Å². The zero-order valence-corrected chi connectivity index (χ0v) is 19.9. The van der Waals surface area contributed by atoms with Gasteiger partial charge in [0.2, 0.25) is 0 Å². The number of pyridine rings is 1. The van der Waals surface area contributed by atoms with E-state index in [0.29, 0.717) is 18.7 Å². The molecule has 2 amide bonds. The molecule has 1 aromatic heterocycles. The van der Waals surface area contributed by atoms with E-state index in [2.05, 4.69) is 23.6 Å². The molecule has 1 heterocycles. The topological polar surface area (TPSA) is 123 Å². The number of aromatic nitrogens is 1. The lowest BCUT2D eigenvalue weighted by Gasteiger charge is -2.22. The van der Waals surface area contributed by atoms with Gasteiger partial charge in [0.1, 0.15) is 5.69 Å². The van der Waals surface area contributed by atoms with Gasteiger partial charge in [0, 0.05) is 24.8 Å². The minimum Gasteiger partial charge on any atom is -0.464 e. The Bertz CT molecular complexity index is 1060. The zero-order valence-electron chi connectivity index (χ0n) is 19.0. The number of hydrogen-bond donors (Lipinski definition) is 1. The largest absolute Gasteiger partial charge is 0.464 e. The molecule has 2 aromatic rings. The molecule has 0 bridgehead atoms. The summed E-state index contributed by atoms with van der Waals surface area (Å²) in [5.41, 5.74) is 0.333. The molecule has 0 saturated heterocycles. The predicted molar refractivity (Wildman–Crippen MR) is 122 cm³/mol. The number of esters is 1. The Labute approximate surface area is 194 Å². The average Bonchev–Trinajstić information content (AvgIpc) is 2.83. The summed E-state index contributed by atoms with van der Waals surface area (Å²) >= 11 is 0. The van der Waals surface area contributed by atoms with Crippen molar-refractivity contribution in [2.24, 2.45) is 0 Å². The van der Waals surface area contributed by atoms with Gasteiger partial charge in [0.05, 0.1) is 17.6 Å². The summed E-state index contributed by atoms with van der Waals surface area (Å²) in [4.78, 5) is 42.0. The molecule has 10 heteroatoms. The van der Waals surface area contributed by atoms with Crippen LogP contribution < -0.4 is 4.72 Å². The summed E-state index contributed by atoms with van der Waals surface area (Å²) in [5.74, 6) is -1.72. The van der Waals surface area contributed by atoms with Gasteiger partial charge < -0.3 is 9.64 Å². The van der Waals surface area contributed by atoms with E-state index in [1.165, 1.54) is 43.5 Å². The molecule has 2 rings (SSSR count). The summed E-state index contributed by atoms with van der Waals surface area (Å²) in [5, 5.41) is 0. The Balaban J connectivity index is 2.12. The molecule has 0 fully saturated rings. The van der Waals surface area contributed by atoms with Crippen LogP contribution in [0, 0.1) is 0 Å². The van der Waals surface area contributed by atoms with E-state index < -0.39 is 21.9 Å². The van der Waals surface area contributed by atoms with Gasteiger partial charge in [-0.25, -0.2) is 22.9 Å². The van der Waals surface area contributed by atoms with Gasteiger partial charge in [0.15, 0.2) is 0 Å². The lowest BCUT2D eigenvalue weighted by molar-refractivity contribution is 0.0593. The highest BCUT2D eigenvalue weighted by Gasteiger charge is 2.21. The quantitative estimate of drug-likeness (QED) is 0.496. The Kier molecular flexibility index (Phi) is 9.53. The molecule has 0 unspecified atom stereocenters. The summed E-state index contributed by atoms with van der Waals surface area (Å²) in [6.45, 7) is 5.41. The van der Waals surface area contributed by atoms with Gasteiger partial charge >= 0.3 is 5.97 Å². The Hall–Kier alpha value is -3.27. The van der Waals surface area contributed by atoms with Crippen LogP contribution in [0.15, 0.2) is 47.5 Å². The van der Waals surface area contributed by atoms with Crippen LogP contribution in [0.1, 0.15) is 70.7 Å². The van der Waals surface area contributed by atoms with E-state index in [4.69, 9.17) is 0 Å². The second-order valence-corrected chi connectivity index (χ2v) is 9.06. The van der Waals surface area contributed by atoms with E-state index in [9.17, 15) is 22.8 Å². The van der Waals surface area contributed by atoms with Crippen molar-refractivity contribution in [2.75, 3.05) is 20.2 Å². The number of nitrogens with zero attached hydrogens (tertiary/aromatic N) is 2. The highest BCUT2D eigenvalue weighted by atomic mass is 32.2. The molecular weight excluding hydrogens is 446 g/mol.